The molecular weight excluding hydrogens is 364 g/mol. The fourth-order valence-electron chi connectivity index (χ4n) is 4.16. The Morgan fingerprint density at radius 1 is 1.26 bits per heavy atom. The third-order valence-corrected chi connectivity index (χ3v) is 5.57. The zero-order valence-electron chi connectivity index (χ0n) is 14.9. The van der Waals surface area contributed by atoms with Gasteiger partial charge < -0.3 is 10.5 Å². The van der Waals surface area contributed by atoms with E-state index in [9.17, 15) is 10.1 Å². The number of allylic oxidation sites excluding steroid dienone is 3. The van der Waals surface area contributed by atoms with Crippen LogP contribution in [0.5, 0.6) is 0 Å². The van der Waals surface area contributed by atoms with Crippen molar-refractivity contribution in [3.8, 4) is 6.07 Å². The highest BCUT2D eigenvalue weighted by Crippen LogP contribution is 2.45. The first-order chi connectivity index (χ1) is 13.1. The Hall–Kier alpha value is -2.33. The topological polar surface area (TPSA) is 82.6 Å². The van der Waals surface area contributed by atoms with Gasteiger partial charge in [0, 0.05) is 35.8 Å². The van der Waals surface area contributed by atoms with Crippen molar-refractivity contribution in [2.45, 2.75) is 25.2 Å². The van der Waals surface area contributed by atoms with Crippen molar-refractivity contribution in [3.63, 3.8) is 0 Å². The molecule has 2 N–H and O–H groups in total. The van der Waals surface area contributed by atoms with Crippen molar-refractivity contribution in [1.82, 2.24) is 10.0 Å². The predicted octanol–water partition coefficient (Wildman–Crippen LogP) is 2.69. The molecule has 7 heteroatoms. The number of ketones is 1. The minimum absolute atomic E-state index is 0.0831. The lowest BCUT2D eigenvalue weighted by Crippen LogP contribution is -2.52. The molecule has 140 valence electrons. The summed E-state index contributed by atoms with van der Waals surface area (Å²) in [6.07, 6.45) is 2.04. The number of halogens is 1. The van der Waals surface area contributed by atoms with E-state index < -0.39 is 5.92 Å². The van der Waals surface area contributed by atoms with Gasteiger partial charge in [0.25, 0.3) is 0 Å². The molecule has 1 aromatic rings. The average Bonchev–Trinajstić information content (AvgIpc) is 2.68. The number of hydrogen-bond donors (Lipinski definition) is 1. The highest BCUT2D eigenvalue weighted by atomic mass is 35.5. The first-order valence-electron chi connectivity index (χ1n) is 9.16. The standard InChI is InChI=1S/C20H21ClN4O2/c21-14-4-1-3-13(11-14)18-15(12-22)20(23)25(24-7-9-27-10-8-24)16-5-2-6-17(26)19(16)18/h1,3-4,11,18H,2,5-10,23H2/t18-/m1/s1. The van der Waals surface area contributed by atoms with Crippen LogP contribution in [0.4, 0.5) is 0 Å². The quantitative estimate of drug-likeness (QED) is 0.844. The highest BCUT2D eigenvalue weighted by Gasteiger charge is 2.41. The summed E-state index contributed by atoms with van der Waals surface area (Å²) < 4.78 is 5.45. The fraction of sp³-hybridized carbons (Fsp3) is 0.400. The van der Waals surface area contributed by atoms with Crippen LogP contribution in [0.3, 0.4) is 0 Å². The number of benzene rings is 1. The summed E-state index contributed by atoms with van der Waals surface area (Å²) in [5, 5.41) is 14.5. The van der Waals surface area contributed by atoms with Crippen LogP contribution < -0.4 is 5.73 Å². The molecule has 1 atom stereocenters. The maximum absolute atomic E-state index is 13.0. The van der Waals surface area contributed by atoms with E-state index in [0.29, 0.717) is 54.7 Å². The van der Waals surface area contributed by atoms with Gasteiger partial charge in [0.1, 0.15) is 5.82 Å². The number of hydrazine groups is 1. The molecule has 1 aromatic carbocycles. The normalized spacial score (nSPS) is 24.1. The van der Waals surface area contributed by atoms with Crippen LogP contribution in [0.2, 0.25) is 5.02 Å². The van der Waals surface area contributed by atoms with Gasteiger partial charge in [-0.25, -0.2) is 5.01 Å². The number of morpholine rings is 1. The lowest BCUT2D eigenvalue weighted by atomic mass is 9.76. The lowest BCUT2D eigenvalue weighted by molar-refractivity contribution is -0.117. The molecule has 2 aliphatic heterocycles. The summed E-state index contributed by atoms with van der Waals surface area (Å²) in [5.74, 6) is 0.0198. The molecule has 6 nitrogen and oxygen atoms in total. The summed E-state index contributed by atoms with van der Waals surface area (Å²) in [5.41, 5.74) is 9.32. The first-order valence-corrected chi connectivity index (χ1v) is 9.53. The second-order valence-corrected chi connectivity index (χ2v) is 7.35. The average molecular weight is 385 g/mol. The summed E-state index contributed by atoms with van der Waals surface area (Å²) in [4.78, 5) is 13.0. The van der Waals surface area contributed by atoms with Gasteiger partial charge in [-0.3, -0.25) is 9.80 Å². The van der Waals surface area contributed by atoms with E-state index in [-0.39, 0.29) is 5.78 Å². The van der Waals surface area contributed by atoms with Gasteiger partial charge in [0.15, 0.2) is 5.78 Å². The second kappa shape index (κ2) is 7.35. The third kappa shape index (κ3) is 3.12. The van der Waals surface area contributed by atoms with Crippen LogP contribution >= 0.6 is 11.6 Å². The van der Waals surface area contributed by atoms with Crippen molar-refractivity contribution in [2.24, 2.45) is 5.73 Å². The highest BCUT2D eigenvalue weighted by molar-refractivity contribution is 6.30. The lowest BCUT2D eigenvalue weighted by Gasteiger charge is -2.45. The molecule has 0 bridgehead atoms. The van der Waals surface area contributed by atoms with Gasteiger partial charge in [0.05, 0.1) is 30.8 Å². The van der Waals surface area contributed by atoms with E-state index in [0.717, 1.165) is 24.1 Å². The van der Waals surface area contributed by atoms with Crippen LogP contribution in [-0.4, -0.2) is 42.1 Å². The Morgan fingerprint density at radius 2 is 2.04 bits per heavy atom. The Kier molecular flexibility index (Phi) is 4.92. The maximum Gasteiger partial charge on any atom is 0.161 e. The van der Waals surface area contributed by atoms with Gasteiger partial charge >= 0.3 is 0 Å². The Labute approximate surface area is 163 Å². The second-order valence-electron chi connectivity index (χ2n) is 6.91. The number of rotatable bonds is 2. The van der Waals surface area contributed by atoms with Crippen LogP contribution in [0.25, 0.3) is 0 Å². The molecule has 1 saturated heterocycles. The van der Waals surface area contributed by atoms with Crippen molar-refractivity contribution in [3.05, 3.63) is 57.5 Å². The number of carbonyl (C=O) groups excluding carboxylic acids is 1. The van der Waals surface area contributed by atoms with Gasteiger partial charge in [-0.2, -0.15) is 5.26 Å². The largest absolute Gasteiger partial charge is 0.383 e. The van der Waals surface area contributed by atoms with Crippen LogP contribution in [0, 0.1) is 11.3 Å². The Morgan fingerprint density at radius 3 is 2.74 bits per heavy atom. The molecule has 0 radical (unpaired) electrons. The number of carbonyl (C=O) groups is 1. The maximum atomic E-state index is 13.0. The van der Waals surface area contributed by atoms with Crippen LogP contribution in [0.1, 0.15) is 30.7 Å². The minimum atomic E-state index is -0.464. The first kappa shape index (κ1) is 18.1. The molecule has 0 amide bonds. The van der Waals surface area contributed by atoms with E-state index in [4.69, 9.17) is 22.1 Å². The number of ether oxygens (including phenoxy) is 1. The van der Waals surface area contributed by atoms with Gasteiger partial charge in [-0.05, 0) is 30.5 Å². The number of nitriles is 1. The zero-order chi connectivity index (χ0) is 19.0. The summed E-state index contributed by atoms with van der Waals surface area (Å²) in [7, 11) is 0. The Balaban J connectivity index is 1.89. The van der Waals surface area contributed by atoms with Crippen molar-refractivity contribution >= 4 is 17.4 Å². The van der Waals surface area contributed by atoms with Crippen LogP contribution in [-0.2, 0) is 9.53 Å². The molecule has 3 aliphatic rings. The van der Waals surface area contributed by atoms with E-state index in [1.807, 2.05) is 23.2 Å². The summed E-state index contributed by atoms with van der Waals surface area (Å²) in [6, 6.07) is 9.60. The van der Waals surface area contributed by atoms with Crippen molar-refractivity contribution < 1.29 is 9.53 Å². The number of nitrogens with zero attached hydrogens (tertiary/aromatic N) is 3. The number of hydrogen-bond acceptors (Lipinski definition) is 6. The van der Waals surface area contributed by atoms with Crippen molar-refractivity contribution in [1.29, 1.82) is 5.26 Å². The SMILES string of the molecule is N#CC1=C(N)N(N2CCOCC2)C2=C(C(=O)CCC2)[C@@H]1c1cccc(Cl)c1. The summed E-state index contributed by atoms with van der Waals surface area (Å²) in [6.45, 7) is 2.54. The molecule has 4 rings (SSSR count). The van der Waals surface area contributed by atoms with Gasteiger partial charge in [-0.1, -0.05) is 23.7 Å². The van der Waals surface area contributed by atoms with E-state index in [1.54, 1.807) is 6.07 Å². The molecule has 2 heterocycles. The molecule has 0 unspecified atom stereocenters. The van der Waals surface area contributed by atoms with Crippen LogP contribution in [0.15, 0.2) is 46.9 Å². The fourth-order valence-corrected chi connectivity index (χ4v) is 4.36. The van der Waals surface area contributed by atoms with Crippen molar-refractivity contribution in [2.75, 3.05) is 26.3 Å². The molecule has 0 spiro atoms. The minimum Gasteiger partial charge on any atom is -0.383 e. The Bertz CT molecular complexity index is 880. The number of Topliss-reactive ketones (excluding diaryl/α,β-unsaturated/α-hetero) is 1. The molecule has 27 heavy (non-hydrogen) atoms. The third-order valence-electron chi connectivity index (χ3n) is 5.34. The molecular formula is C20H21ClN4O2. The molecule has 1 fully saturated rings. The van der Waals surface area contributed by atoms with E-state index >= 15 is 0 Å². The molecule has 1 aliphatic carbocycles. The summed E-state index contributed by atoms with van der Waals surface area (Å²) >= 11 is 6.19. The van der Waals surface area contributed by atoms with E-state index in [1.165, 1.54) is 0 Å². The molecule has 0 saturated carbocycles. The zero-order valence-corrected chi connectivity index (χ0v) is 15.7. The smallest absolute Gasteiger partial charge is 0.161 e. The molecule has 0 aromatic heterocycles. The number of nitrogens with two attached hydrogens (primary N) is 1. The van der Waals surface area contributed by atoms with Gasteiger partial charge in [0.2, 0.25) is 0 Å². The monoisotopic (exact) mass is 384 g/mol. The predicted molar refractivity (Wildman–Crippen MR) is 101 cm³/mol. The van der Waals surface area contributed by atoms with Gasteiger partial charge in [-0.15, -0.1) is 0 Å². The van der Waals surface area contributed by atoms with E-state index in [2.05, 4.69) is 11.1 Å².